The number of nitrogens with zero attached hydrogens (tertiary/aromatic N) is 3. The molecule has 0 spiro atoms. The number of carbonyl (C=O) groups is 2. The predicted octanol–water partition coefficient (Wildman–Crippen LogP) is 1.41. The van der Waals surface area contributed by atoms with Crippen LogP contribution in [0.3, 0.4) is 0 Å². The van der Waals surface area contributed by atoms with Crippen molar-refractivity contribution >= 4 is 17.5 Å². The molecule has 3 rings (SSSR count). The summed E-state index contributed by atoms with van der Waals surface area (Å²) in [5.41, 5.74) is -0.488. The van der Waals surface area contributed by atoms with Crippen LogP contribution in [0.1, 0.15) is 6.92 Å². The highest BCUT2D eigenvalue weighted by Gasteiger charge is 2.59. The Balaban J connectivity index is 1.99. The van der Waals surface area contributed by atoms with Gasteiger partial charge in [-0.3, -0.25) is 9.59 Å². The van der Waals surface area contributed by atoms with E-state index in [0.717, 1.165) is 0 Å². The van der Waals surface area contributed by atoms with Crippen molar-refractivity contribution < 1.29 is 14.3 Å². The van der Waals surface area contributed by atoms with E-state index in [4.69, 9.17) is 4.74 Å². The number of benzene rings is 1. The minimum atomic E-state index is -1.03. The van der Waals surface area contributed by atoms with Crippen molar-refractivity contribution in [1.82, 2.24) is 0 Å². The van der Waals surface area contributed by atoms with Gasteiger partial charge in [0, 0.05) is 0 Å². The van der Waals surface area contributed by atoms with Crippen LogP contribution in [0.2, 0.25) is 0 Å². The molecule has 1 fully saturated rings. The minimum Gasteiger partial charge on any atom is -0.497 e. The zero-order valence-electron chi connectivity index (χ0n) is 10.7. The molecule has 2 aliphatic rings. The van der Waals surface area contributed by atoms with Crippen molar-refractivity contribution in [1.29, 1.82) is 0 Å². The highest BCUT2D eigenvalue weighted by molar-refractivity contribution is 6.25. The third-order valence-electron chi connectivity index (χ3n) is 3.71. The second-order valence-electron chi connectivity index (χ2n) is 4.80. The van der Waals surface area contributed by atoms with Gasteiger partial charge < -0.3 is 4.74 Å². The fraction of sp³-hybridized carbons (Fsp3) is 0.385. The molecule has 6 heteroatoms. The maximum Gasteiger partial charge on any atom is 0.264 e. The standard InChI is InChI=1S/C13H13N3O3/c1-13-10(7-14-15-13)11(17)16(12(13)18)8-3-5-9(19-2)6-4-8/h3-6,10H,7H2,1-2H3/t10-,13-/m0/s1. The molecule has 2 heterocycles. The first-order chi connectivity index (χ1) is 9.08. The van der Waals surface area contributed by atoms with Gasteiger partial charge in [-0.15, -0.1) is 0 Å². The summed E-state index contributed by atoms with van der Waals surface area (Å²) in [4.78, 5) is 25.9. The van der Waals surface area contributed by atoms with Crippen LogP contribution in [0.4, 0.5) is 5.69 Å². The molecule has 1 aromatic rings. The first kappa shape index (κ1) is 11.8. The van der Waals surface area contributed by atoms with Gasteiger partial charge in [0.05, 0.1) is 25.3 Å². The quantitative estimate of drug-likeness (QED) is 0.754. The van der Waals surface area contributed by atoms with E-state index >= 15 is 0 Å². The molecule has 19 heavy (non-hydrogen) atoms. The number of amides is 2. The van der Waals surface area contributed by atoms with Crippen LogP contribution in [0.5, 0.6) is 5.75 Å². The Hall–Kier alpha value is -2.24. The van der Waals surface area contributed by atoms with E-state index in [0.29, 0.717) is 11.4 Å². The third kappa shape index (κ3) is 1.49. The summed E-state index contributed by atoms with van der Waals surface area (Å²) in [6, 6.07) is 6.81. The van der Waals surface area contributed by atoms with Gasteiger partial charge in [-0.05, 0) is 31.2 Å². The van der Waals surface area contributed by atoms with Crippen molar-refractivity contribution in [3.05, 3.63) is 24.3 Å². The summed E-state index contributed by atoms with van der Waals surface area (Å²) >= 11 is 0. The fourth-order valence-corrected chi connectivity index (χ4v) is 2.49. The normalized spacial score (nSPS) is 28.9. The molecule has 2 atom stereocenters. The van der Waals surface area contributed by atoms with Crippen LogP contribution in [0.15, 0.2) is 34.5 Å². The van der Waals surface area contributed by atoms with Gasteiger partial charge >= 0.3 is 0 Å². The van der Waals surface area contributed by atoms with Gasteiger partial charge in [-0.2, -0.15) is 10.2 Å². The van der Waals surface area contributed by atoms with Crippen LogP contribution in [-0.2, 0) is 9.59 Å². The maximum absolute atomic E-state index is 12.4. The first-order valence-corrected chi connectivity index (χ1v) is 5.99. The number of hydrogen-bond donors (Lipinski definition) is 0. The number of methoxy groups -OCH3 is 1. The van der Waals surface area contributed by atoms with E-state index in [1.165, 1.54) is 4.90 Å². The molecule has 6 nitrogen and oxygen atoms in total. The number of rotatable bonds is 2. The molecule has 0 bridgehead atoms. The van der Waals surface area contributed by atoms with Gasteiger partial charge in [0.15, 0.2) is 5.54 Å². The fourth-order valence-electron chi connectivity index (χ4n) is 2.49. The largest absolute Gasteiger partial charge is 0.497 e. The lowest BCUT2D eigenvalue weighted by atomic mass is 9.90. The lowest BCUT2D eigenvalue weighted by Gasteiger charge is -2.17. The van der Waals surface area contributed by atoms with Crippen molar-refractivity contribution in [2.75, 3.05) is 18.6 Å². The summed E-state index contributed by atoms with van der Waals surface area (Å²) in [5.74, 6) is -0.340. The molecule has 98 valence electrons. The van der Waals surface area contributed by atoms with Crippen LogP contribution >= 0.6 is 0 Å². The van der Waals surface area contributed by atoms with Crippen LogP contribution in [0, 0.1) is 5.92 Å². The Morgan fingerprint density at radius 2 is 2.00 bits per heavy atom. The molecule has 0 aliphatic carbocycles. The number of carbonyl (C=O) groups excluding carboxylic acids is 2. The van der Waals surface area contributed by atoms with Crippen molar-refractivity contribution in [3.63, 3.8) is 0 Å². The Kier molecular flexibility index (Phi) is 2.41. The number of ether oxygens (including phenoxy) is 1. The smallest absolute Gasteiger partial charge is 0.264 e. The van der Waals surface area contributed by atoms with Crippen molar-refractivity contribution in [2.24, 2.45) is 16.1 Å². The molecule has 0 N–H and O–H groups in total. The molecule has 1 aromatic carbocycles. The van der Waals surface area contributed by atoms with Crippen LogP contribution in [0.25, 0.3) is 0 Å². The Morgan fingerprint density at radius 3 is 2.58 bits per heavy atom. The summed E-state index contributed by atoms with van der Waals surface area (Å²) in [5, 5.41) is 7.79. The Bertz CT molecular complexity index is 581. The minimum absolute atomic E-state index is 0.234. The van der Waals surface area contributed by atoms with Crippen LogP contribution < -0.4 is 9.64 Å². The first-order valence-electron chi connectivity index (χ1n) is 5.99. The Labute approximate surface area is 110 Å². The number of fused-ring (bicyclic) bond motifs is 1. The van der Waals surface area contributed by atoms with Crippen molar-refractivity contribution in [3.8, 4) is 5.75 Å². The maximum atomic E-state index is 12.4. The molecule has 2 amide bonds. The molecule has 0 saturated carbocycles. The molecule has 0 radical (unpaired) electrons. The molecular formula is C13H13N3O3. The summed E-state index contributed by atoms with van der Waals surface area (Å²) in [6.07, 6.45) is 0. The zero-order chi connectivity index (χ0) is 13.6. The van der Waals surface area contributed by atoms with Gasteiger partial charge in [-0.25, -0.2) is 4.90 Å². The second-order valence-corrected chi connectivity index (χ2v) is 4.80. The van der Waals surface area contributed by atoms with E-state index in [1.807, 2.05) is 0 Å². The van der Waals surface area contributed by atoms with Gasteiger partial charge in [-0.1, -0.05) is 0 Å². The predicted molar refractivity (Wildman–Crippen MR) is 67.1 cm³/mol. The number of azo groups is 1. The number of imide groups is 1. The SMILES string of the molecule is COc1ccc(N2C(=O)[C@@H]3CN=N[C@]3(C)C2=O)cc1. The molecule has 0 unspecified atom stereocenters. The van der Waals surface area contributed by atoms with Gasteiger partial charge in [0.25, 0.3) is 5.91 Å². The topological polar surface area (TPSA) is 71.3 Å². The Morgan fingerprint density at radius 1 is 1.32 bits per heavy atom. The molecular weight excluding hydrogens is 246 g/mol. The third-order valence-corrected chi connectivity index (χ3v) is 3.71. The lowest BCUT2D eigenvalue weighted by Crippen LogP contribution is -2.37. The summed E-state index contributed by atoms with van der Waals surface area (Å²) in [7, 11) is 1.56. The van der Waals surface area contributed by atoms with E-state index < -0.39 is 11.5 Å². The number of hydrogen-bond acceptors (Lipinski definition) is 5. The second kappa shape index (κ2) is 3.88. The van der Waals surface area contributed by atoms with E-state index in [9.17, 15) is 9.59 Å². The van der Waals surface area contributed by atoms with Crippen molar-refractivity contribution in [2.45, 2.75) is 12.5 Å². The lowest BCUT2D eigenvalue weighted by molar-refractivity contribution is -0.122. The number of anilines is 1. The highest BCUT2D eigenvalue weighted by atomic mass is 16.5. The zero-order valence-corrected chi connectivity index (χ0v) is 10.7. The van der Waals surface area contributed by atoms with Gasteiger partial charge in [0.1, 0.15) is 5.75 Å². The summed E-state index contributed by atoms with van der Waals surface area (Å²) < 4.78 is 5.06. The van der Waals surface area contributed by atoms with E-state index in [-0.39, 0.29) is 18.4 Å². The average molecular weight is 259 g/mol. The summed E-state index contributed by atoms with van der Waals surface area (Å²) in [6.45, 7) is 1.95. The van der Waals surface area contributed by atoms with E-state index in [1.54, 1.807) is 38.3 Å². The average Bonchev–Trinajstić information content (AvgIpc) is 2.89. The van der Waals surface area contributed by atoms with E-state index in [2.05, 4.69) is 10.2 Å². The monoisotopic (exact) mass is 259 g/mol. The van der Waals surface area contributed by atoms with Gasteiger partial charge in [0.2, 0.25) is 5.91 Å². The molecule has 2 aliphatic heterocycles. The highest BCUT2D eigenvalue weighted by Crippen LogP contribution is 2.40. The molecule has 1 saturated heterocycles. The van der Waals surface area contributed by atoms with Crippen LogP contribution in [-0.4, -0.2) is 31.0 Å². The molecule has 0 aromatic heterocycles.